The molecule has 39 heavy (non-hydrogen) atoms. The van der Waals surface area contributed by atoms with Crippen molar-refractivity contribution in [2.45, 2.75) is 31.8 Å². The second-order valence-corrected chi connectivity index (χ2v) is 11.3. The lowest BCUT2D eigenvalue weighted by atomic mass is 9.94. The van der Waals surface area contributed by atoms with Crippen molar-refractivity contribution < 1.29 is 10.2 Å². The van der Waals surface area contributed by atoms with Crippen LogP contribution in [0.15, 0.2) is 48.5 Å². The highest BCUT2D eigenvalue weighted by Crippen LogP contribution is 2.30. The molecule has 3 aromatic rings. The summed E-state index contributed by atoms with van der Waals surface area (Å²) in [5.74, 6) is 2.73. The van der Waals surface area contributed by atoms with Gasteiger partial charge in [-0.15, -0.1) is 0 Å². The molecule has 2 fully saturated rings. The molecule has 0 bridgehead atoms. The lowest BCUT2D eigenvalue weighted by Gasteiger charge is -2.39. The molecule has 4 heterocycles. The maximum atomic E-state index is 10.3. The van der Waals surface area contributed by atoms with Crippen molar-refractivity contribution in [2.75, 3.05) is 69.3 Å². The molecule has 9 nitrogen and oxygen atoms in total. The van der Waals surface area contributed by atoms with E-state index in [1.54, 1.807) is 12.1 Å². The summed E-state index contributed by atoms with van der Waals surface area (Å²) in [5.41, 5.74) is 3.24. The minimum absolute atomic E-state index is 0.0203. The van der Waals surface area contributed by atoms with E-state index in [2.05, 4.69) is 50.9 Å². The van der Waals surface area contributed by atoms with Gasteiger partial charge >= 0.3 is 0 Å². The Morgan fingerprint density at radius 3 is 2.33 bits per heavy atom. The molecule has 206 valence electrons. The third-order valence-corrected chi connectivity index (χ3v) is 8.55. The summed E-state index contributed by atoms with van der Waals surface area (Å²) in [7, 11) is 2.22. The molecule has 2 saturated heterocycles. The van der Waals surface area contributed by atoms with Crippen LogP contribution < -0.4 is 9.80 Å². The molecule has 1 aromatic heterocycles. The van der Waals surface area contributed by atoms with Gasteiger partial charge in [-0.3, -0.25) is 4.90 Å². The van der Waals surface area contributed by atoms with E-state index in [1.165, 1.54) is 43.6 Å². The highest BCUT2D eigenvalue weighted by atomic mass is 16.3. The van der Waals surface area contributed by atoms with Gasteiger partial charge in [-0.25, -0.2) is 0 Å². The largest absolute Gasteiger partial charge is 0.508 e. The van der Waals surface area contributed by atoms with Crippen molar-refractivity contribution in [3.05, 3.63) is 59.7 Å². The smallest absolute Gasteiger partial charge is 0.231 e. The van der Waals surface area contributed by atoms with Crippen molar-refractivity contribution in [3.63, 3.8) is 0 Å². The number of benzene rings is 2. The first-order valence-corrected chi connectivity index (χ1v) is 14.2. The van der Waals surface area contributed by atoms with Gasteiger partial charge in [0.15, 0.2) is 5.82 Å². The number of piperazine rings is 1. The number of aromatic hydroxyl groups is 1. The molecule has 2 aromatic carbocycles. The number of aliphatic hydroxyl groups excluding tert-OH is 1. The topological polar surface area (TPSA) is 92.1 Å². The summed E-state index contributed by atoms with van der Waals surface area (Å²) in [6.45, 7) is 7.93. The predicted octanol–water partition coefficient (Wildman–Crippen LogP) is 2.63. The molecule has 0 unspecified atom stereocenters. The zero-order valence-electron chi connectivity index (χ0n) is 22.8. The average molecular weight is 530 g/mol. The van der Waals surface area contributed by atoms with Crippen molar-refractivity contribution in [1.82, 2.24) is 24.8 Å². The zero-order valence-corrected chi connectivity index (χ0v) is 22.8. The molecular formula is C30H39N7O2. The van der Waals surface area contributed by atoms with E-state index in [1.807, 2.05) is 12.1 Å². The minimum Gasteiger partial charge on any atom is -0.508 e. The lowest BCUT2D eigenvalue weighted by Crippen LogP contribution is -2.49. The van der Waals surface area contributed by atoms with Crippen LogP contribution in [0.2, 0.25) is 0 Å². The van der Waals surface area contributed by atoms with E-state index in [0.29, 0.717) is 24.3 Å². The third-order valence-electron chi connectivity index (χ3n) is 8.55. The van der Waals surface area contributed by atoms with E-state index >= 15 is 0 Å². The number of fused-ring (bicyclic) bond motifs is 1. The number of aromatic nitrogens is 3. The molecule has 1 atom stereocenters. The second kappa shape index (κ2) is 11.5. The standard InChI is InChI=1S/C30H39N7O2/c1-34-11-9-22(10-12-34)19-35-13-15-36(16-14-35)29-31-28(24-7-4-8-27(39)18-24)32-30(33-29)37-20-25-6-3-2-5-23(25)17-26(37)21-38/h2-8,18,22,26,38-39H,9-17,19-21H2,1H3/t26-/m1/s1. The SMILES string of the molecule is CN1CCC(CN2CCN(c3nc(-c4cccc(O)c4)nc(N4Cc5ccccc5C[C@@H]4CO)n3)CC2)CC1. The first-order valence-electron chi connectivity index (χ1n) is 14.2. The second-order valence-electron chi connectivity index (χ2n) is 11.3. The summed E-state index contributed by atoms with van der Waals surface area (Å²) in [6.07, 6.45) is 3.31. The number of phenols is 1. The first kappa shape index (κ1) is 26.0. The molecule has 0 spiro atoms. The van der Waals surface area contributed by atoms with Gasteiger partial charge in [0.05, 0.1) is 12.6 Å². The molecular weight excluding hydrogens is 490 g/mol. The Hall–Kier alpha value is -3.27. The monoisotopic (exact) mass is 529 g/mol. The molecule has 0 aliphatic carbocycles. The number of aliphatic hydroxyl groups is 1. The van der Waals surface area contributed by atoms with Gasteiger partial charge < -0.3 is 24.9 Å². The van der Waals surface area contributed by atoms with E-state index in [9.17, 15) is 10.2 Å². The van der Waals surface area contributed by atoms with Crippen LogP contribution in [0.3, 0.4) is 0 Å². The van der Waals surface area contributed by atoms with Gasteiger partial charge in [-0.1, -0.05) is 36.4 Å². The van der Waals surface area contributed by atoms with Crippen LogP contribution in [0.1, 0.15) is 24.0 Å². The number of likely N-dealkylation sites (tertiary alicyclic amines) is 1. The molecule has 2 N–H and O–H groups in total. The van der Waals surface area contributed by atoms with E-state index in [0.717, 1.165) is 44.1 Å². The minimum atomic E-state index is -0.112. The normalized spacial score (nSPS) is 21.2. The van der Waals surface area contributed by atoms with Gasteiger partial charge in [0.1, 0.15) is 5.75 Å². The van der Waals surface area contributed by atoms with Crippen molar-refractivity contribution in [1.29, 1.82) is 0 Å². The Balaban J connectivity index is 1.26. The third kappa shape index (κ3) is 5.85. The number of hydrogen-bond donors (Lipinski definition) is 2. The maximum Gasteiger partial charge on any atom is 0.231 e. The van der Waals surface area contributed by atoms with Crippen molar-refractivity contribution in [3.8, 4) is 17.1 Å². The predicted molar refractivity (Wildman–Crippen MR) is 153 cm³/mol. The van der Waals surface area contributed by atoms with Crippen molar-refractivity contribution in [2.24, 2.45) is 5.92 Å². The lowest BCUT2D eigenvalue weighted by molar-refractivity contribution is 0.155. The van der Waals surface area contributed by atoms with Gasteiger partial charge in [-0.05, 0) is 68.6 Å². The summed E-state index contributed by atoms with van der Waals surface area (Å²) >= 11 is 0. The Kier molecular flexibility index (Phi) is 7.63. The summed E-state index contributed by atoms with van der Waals surface area (Å²) < 4.78 is 0. The van der Waals surface area contributed by atoms with E-state index in [4.69, 9.17) is 15.0 Å². The van der Waals surface area contributed by atoms with Crippen LogP contribution in [0.25, 0.3) is 11.4 Å². The fourth-order valence-electron chi connectivity index (χ4n) is 6.12. The van der Waals surface area contributed by atoms with Crippen LogP contribution in [0.5, 0.6) is 5.75 Å². The molecule has 6 rings (SSSR count). The average Bonchev–Trinajstić information content (AvgIpc) is 2.98. The van der Waals surface area contributed by atoms with Crippen LogP contribution in [0.4, 0.5) is 11.9 Å². The maximum absolute atomic E-state index is 10.3. The van der Waals surface area contributed by atoms with Gasteiger partial charge in [-0.2, -0.15) is 15.0 Å². The Bertz CT molecular complexity index is 1270. The fourth-order valence-corrected chi connectivity index (χ4v) is 6.12. The molecule has 0 radical (unpaired) electrons. The Morgan fingerprint density at radius 1 is 0.846 bits per heavy atom. The number of nitrogens with zero attached hydrogens (tertiary/aromatic N) is 7. The van der Waals surface area contributed by atoms with E-state index in [-0.39, 0.29) is 18.4 Å². The summed E-state index contributed by atoms with van der Waals surface area (Å²) in [5, 5.41) is 20.4. The van der Waals surface area contributed by atoms with Crippen molar-refractivity contribution >= 4 is 11.9 Å². The number of hydrogen-bond acceptors (Lipinski definition) is 9. The van der Waals surface area contributed by atoms with Crippen LogP contribution in [0, 0.1) is 5.92 Å². The molecule has 3 aliphatic rings. The fraction of sp³-hybridized carbons (Fsp3) is 0.500. The van der Waals surface area contributed by atoms with Crippen LogP contribution in [-0.2, 0) is 13.0 Å². The number of rotatable bonds is 6. The number of anilines is 2. The Morgan fingerprint density at radius 2 is 1.59 bits per heavy atom. The molecule has 3 aliphatic heterocycles. The van der Waals surface area contributed by atoms with Crippen LogP contribution in [-0.4, -0.2) is 100 Å². The number of piperidine rings is 1. The molecule has 0 amide bonds. The van der Waals surface area contributed by atoms with Crippen LogP contribution >= 0.6 is 0 Å². The molecule has 9 heteroatoms. The quantitative estimate of drug-likeness (QED) is 0.500. The van der Waals surface area contributed by atoms with E-state index < -0.39 is 0 Å². The summed E-state index contributed by atoms with van der Waals surface area (Å²) in [4.78, 5) is 24.1. The molecule has 0 saturated carbocycles. The zero-order chi connectivity index (χ0) is 26.8. The van der Waals surface area contributed by atoms with Gasteiger partial charge in [0.2, 0.25) is 11.9 Å². The Labute approximate surface area is 230 Å². The first-order chi connectivity index (χ1) is 19.1. The van der Waals surface area contributed by atoms with Gasteiger partial charge in [0.25, 0.3) is 0 Å². The highest BCUT2D eigenvalue weighted by Gasteiger charge is 2.30. The summed E-state index contributed by atoms with van der Waals surface area (Å²) in [6, 6.07) is 15.3. The van der Waals surface area contributed by atoms with Gasteiger partial charge in [0, 0.05) is 44.8 Å². The number of phenolic OH excluding ortho intramolecular Hbond substituents is 1. The highest BCUT2D eigenvalue weighted by molar-refractivity contribution is 5.61.